The molecule has 0 radical (unpaired) electrons. The van der Waals surface area contributed by atoms with Crippen molar-refractivity contribution < 1.29 is 36.8 Å². The standard InChI is InChI=1S/C12H26O8P2/c1-6-16-11(13)12(21(14,17-7-2)18-8-3)22(15,19-9-4)20-10-5/h12H,6-10H2,1-5H3. The number of rotatable bonds is 12. The fraction of sp³-hybridized carbons (Fsp3) is 0.917. The molecule has 0 aliphatic carbocycles. The largest absolute Gasteiger partial charge is 0.465 e. The second-order valence-electron chi connectivity index (χ2n) is 3.88. The van der Waals surface area contributed by atoms with E-state index in [0.717, 1.165) is 0 Å². The van der Waals surface area contributed by atoms with Crippen LogP contribution >= 0.6 is 15.2 Å². The van der Waals surface area contributed by atoms with Gasteiger partial charge in [0.15, 0.2) is 0 Å². The van der Waals surface area contributed by atoms with Crippen molar-refractivity contribution in [3.05, 3.63) is 0 Å². The summed E-state index contributed by atoms with van der Waals surface area (Å²) in [5, 5.41) is -1.76. The molecule has 132 valence electrons. The first kappa shape index (κ1) is 21.8. The van der Waals surface area contributed by atoms with E-state index in [2.05, 4.69) is 0 Å². The Bertz CT molecular complexity index is 375. The van der Waals surface area contributed by atoms with Gasteiger partial charge in [0, 0.05) is 0 Å². The average molecular weight is 360 g/mol. The smallest absolute Gasteiger partial charge is 0.357 e. The molecule has 0 aliphatic rings. The first-order valence-corrected chi connectivity index (χ1v) is 10.5. The summed E-state index contributed by atoms with van der Waals surface area (Å²) in [6, 6.07) is 0. The number of esters is 1. The number of ether oxygens (including phenoxy) is 1. The van der Waals surface area contributed by atoms with Crippen LogP contribution in [0, 0.1) is 0 Å². The molecule has 0 heterocycles. The zero-order valence-electron chi connectivity index (χ0n) is 13.8. The fourth-order valence-electron chi connectivity index (χ4n) is 1.72. The van der Waals surface area contributed by atoms with E-state index < -0.39 is 26.6 Å². The molecule has 0 aromatic heterocycles. The van der Waals surface area contributed by atoms with E-state index in [1.165, 1.54) is 0 Å². The summed E-state index contributed by atoms with van der Waals surface area (Å²) in [6.45, 7) is 7.95. The predicted octanol–water partition coefficient (Wildman–Crippen LogP) is 3.41. The molecule has 0 N–H and O–H groups in total. The lowest BCUT2D eigenvalue weighted by molar-refractivity contribution is -0.141. The van der Waals surface area contributed by atoms with Crippen LogP contribution in [-0.4, -0.2) is 44.4 Å². The highest BCUT2D eigenvalue weighted by Gasteiger charge is 2.56. The van der Waals surface area contributed by atoms with Gasteiger partial charge in [0.2, 0.25) is 0 Å². The van der Waals surface area contributed by atoms with Crippen molar-refractivity contribution in [1.29, 1.82) is 0 Å². The van der Waals surface area contributed by atoms with Gasteiger partial charge in [0.25, 0.3) is 5.40 Å². The van der Waals surface area contributed by atoms with Crippen molar-refractivity contribution in [2.75, 3.05) is 33.0 Å². The number of hydrogen-bond acceptors (Lipinski definition) is 8. The summed E-state index contributed by atoms with van der Waals surface area (Å²) >= 11 is 0. The van der Waals surface area contributed by atoms with Crippen molar-refractivity contribution in [3.63, 3.8) is 0 Å². The highest BCUT2D eigenvalue weighted by molar-refractivity contribution is 7.74. The van der Waals surface area contributed by atoms with Crippen molar-refractivity contribution >= 4 is 21.2 Å². The molecule has 10 heteroatoms. The molecule has 0 atom stereocenters. The summed E-state index contributed by atoms with van der Waals surface area (Å²) in [5.41, 5.74) is 0. The molecule has 0 unspecified atom stereocenters. The van der Waals surface area contributed by atoms with E-state index in [1.807, 2.05) is 0 Å². The van der Waals surface area contributed by atoms with Gasteiger partial charge in [-0.1, -0.05) is 0 Å². The Hall–Kier alpha value is -0.230. The van der Waals surface area contributed by atoms with Gasteiger partial charge in [-0.05, 0) is 34.6 Å². The highest BCUT2D eigenvalue weighted by atomic mass is 31.2. The summed E-state index contributed by atoms with van der Waals surface area (Å²) in [6.07, 6.45) is 0. The maximum absolute atomic E-state index is 12.9. The monoisotopic (exact) mass is 360 g/mol. The molecule has 0 aromatic carbocycles. The summed E-state index contributed by atoms with van der Waals surface area (Å²) in [5.74, 6) is -0.988. The van der Waals surface area contributed by atoms with Crippen LogP contribution in [0.2, 0.25) is 0 Å². The topological polar surface area (TPSA) is 97.4 Å². The molecule has 22 heavy (non-hydrogen) atoms. The molecule has 0 saturated carbocycles. The van der Waals surface area contributed by atoms with Crippen molar-refractivity contribution in [2.24, 2.45) is 0 Å². The van der Waals surface area contributed by atoms with Crippen molar-refractivity contribution in [3.8, 4) is 0 Å². The predicted molar refractivity (Wildman–Crippen MR) is 82.1 cm³/mol. The van der Waals surface area contributed by atoms with Gasteiger partial charge in [-0.2, -0.15) is 0 Å². The Labute approximate surface area is 131 Å². The summed E-state index contributed by atoms with van der Waals surface area (Å²) in [4.78, 5) is 12.2. The third-order valence-corrected chi connectivity index (χ3v) is 8.12. The van der Waals surface area contributed by atoms with Gasteiger partial charge in [0.05, 0.1) is 33.0 Å². The number of carbonyl (C=O) groups excluding carboxylic acids is 1. The van der Waals surface area contributed by atoms with Crippen LogP contribution in [-0.2, 0) is 36.8 Å². The van der Waals surface area contributed by atoms with Crippen LogP contribution in [0.5, 0.6) is 0 Å². The normalized spacial score (nSPS) is 12.6. The molecular formula is C12H26O8P2. The van der Waals surface area contributed by atoms with Gasteiger partial charge in [-0.3, -0.25) is 13.9 Å². The SMILES string of the molecule is CCOC(=O)C(P(=O)(OCC)OCC)P(=O)(OCC)OCC. The minimum Gasteiger partial charge on any atom is -0.465 e. The molecule has 0 aliphatic heterocycles. The van der Waals surface area contributed by atoms with Crippen LogP contribution < -0.4 is 0 Å². The second-order valence-corrected chi connectivity index (χ2v) is 8.51. The average Bonchev–Trinajstić information content (AvgIpc) is 2.39. The molecule has 0 amide bonds. The van der Waals surface area contributed by atoms with Crippen LogP contribution in [0.15, 0.2) is 0 Å². The molecule has 0 aromatic rings. The van der Waals surface area contributed by atoms with E-state index in [4.69, 9.17) is 22.8 Å². The van der Waals surface area contributed by atoms with E-state index in [0.29, 0.717) is 0 Å². The Morgan fingerprint density at radius 1 is 0.727 bits per heavy atom. The molecule has 0 rings (SSSR count). The van der Waals surface area contributed by atoms with Gasteiger partial charge in [-0.15, -0.1) is 0 Å². The van der Waals surface area contributed by atoms with E-state index in [9.17, 15) is 13.9 Å². The molecule has 0 saturated heterocycles. The Morgan fingerprint density at radius 2 is 1.05 bits per heavy atom. The maximum atomic E-state index is 12.9. The Balaban J connectivity index is 5.91. The van der Waals surface area contributed by atoms with Crippen LogP contribution in [0.3, 0.4) is 0 Å². The lowest BCUT2D eigenvalue weighted by Gasteiger charge is -2.29. The van der Waals surface area contributed by atoms with Gasteiger partial charge in [0.1, 0.15) is 0 Å². The van der Waals surface area contributed by atoms with Crippen molar-refractivity contribution in [2.45, 2.75) is 40.0 Å². The minimum absolute atomic E-state index is 0.00539. The molecular weight excluding hydrogens is 334 g/mol. The lowest BCUT2D eigenvalue weighted by atomic mass is 10.7. The Morgan fingerprint density at radius 3 is 1.27 bits per heavy atom. The van der Waals surface area contributed by atoms with Gasteiger partial charge >= 0.3 is 21.2 Å². The van der Waals surface area contributed by atoms with Gasteiger partial charge < -0.3 is 22.8 Å². The molecule has 0 spiro atoms. The van der Waals surface area contributed by atoms with E-state index in [-0.39, 0.29) is 33.0 Å². The van der Waals surface area contributed by atoms with Crippen LogP contribution in [0.4, 0.5) is 0 Å². The zero-order valence-corrected chi connectivity index (χ0v) is 15.6. The molecule has 8 nitrogen and oxygen atoms in total. The van der Waals surface area contributed by atoms with Crippen LogP contribution in [0.25, 0.3) is 0 Å². The van der Waals surface area contributed by atoms with Gasteiger partial charge in [-0.25, -0.2) is 0 Å². The summed E-state index contributed by atoms with van der Waals surface area (Å²) < 4.78 is 51.3. The lowest BCUT2D eigenvalue weighted by Crippen LogP contribution is -2.28. The third kappa shape index (κ3) is 5.76. The highest BCUT2D eigenvalue weighted by Crippen LogP contribution is 2.70. The first-order chi connectivity index (χ1) is 10.3. The molecule has 0 bridgehead atoms. The quantitative estimate of drug-likeness (QED) is 0.386. The zero-order chi connectivity index (χ0) is 17.2. The minimum atomic E-state index is -4.08. The van der Waals surface area contributed by atoms with Crippen LogP contribution in [0.1, 0.15) is 34.6 Å². The number of carbonyl (C=O) groups is 1. The third-order valence-electron chi connectivity index (χ3n) is 2.33. The number of hydrogen-bond donors (Lipinski definition) is 0. The Kier molecular flexibility index (Phi) is 10.4. The second kappa shape index (κ2) is 10.5. The summed E-state index contributed by atoms with van der Waals surface area (Å²) in [7, 11) is -8.17. The van der Waals surface area contributed by atoms with E-state index >= 15 is 0 Å². The maximum Gasteiger partial charge on any atom is 0.357 e. The van der Waals surface area contributed by atoms with Crippen molar-refractivity contribution in [1.82, 2.24) is 0 Å². The molecule has 0 fully saturated rings. The first-order valence-electron chi connectivity index (χ1n) is 7.29. The van der Waals surface area contributed by atoms with E-state index in [1.54, 1.807) is 34.6 Å². The fourth-order valence-corrected chi connectivity index (χ4v) is 6.73.